The summed E-state index contributed by atoms with van der Waals surface area (Å²) < 4.78 is 14.1. The lowest BCUT2D eigenvalue weighted by Gasteiger charge is -2.31. The normalized spacial score (nSPS) is 17.2. The van der Waals surface area contributed by atoms with Gasteiger partial charge in [-0.3, -0.25) is 4.84 Å². The standard InChI is InChI=1S/C17H18FN7O2/c18-13-8-22-15(12-7-21-14-11(12)4-1-5-20-14)23-16(13)24-27-10-3-2-6-25(9-10)17(19)26/h1,4-5,7-8,10H,2-3,6,9H2,(H2,19,26)(H,20,21)(H,22,23,24)/t10-/m1/s1. The third-order valence-electron chi connectivity index (χ3n) is 4.45. The maximum atomic E-state index is 14.1. The minimum atomic E-state index is -0.640. The number of amides is 2. The number of carbonyl (C=O) groups excluding carboxylic acids is 1. The van der Waals surface area contributed by atoms with Gasteiger partial charge in [-0.05, 0) is 25.0 Å². The van der Waals surface area contributed by atoms with E-state index in [0.717, 1.165) is 24.4 Å². The number of likely N-dealkylation sites (tertiary alicyclic amines) is 1. The highest BCUT2D eigenvalue weighted by molar-refractivity contribution is 5.91. The van der Waals surface area contributed by atoms with Crippen molar-refractivity contribution >= 4 is 22.9 Å². The van der Waals surface area contributed by atoms with Crippen LogP contribution in [0.3, 0.4) is 0 Å². The van der Waals surface area contributed by atoms with Crippen LogP contribution < -0.4 is 11.2 Å². The van der Waals surface area contributed by atoms with Crippen LogP contribution in [0.1, 0.15) is 12.8 Å². The highest BCUT2D eigenvalue weighted by Gasteiger charge is 2.23. The van der Waals surface area contributed by atoms with Crippen molar-refractivity contribution in [2.75, 3.05) is 18.6 Å². The second kappa shape index (κ2) is 7.16. The number of carbonyl (C=O) groups is 1. The number of halogens is 1. The molecule has 0 aliphatic carbocycles. The number of primary amides is 1. The van der Waals surface area contributed by atoms with Gasteiger partial charge in [-0.1, -0.05) is 0 Å². The Hall–Kier alpha value is -3.27. The Balaban J connectivity index is 1.52. The first-order chi connectivity index (χ1) is 13.1. The lowest BCUT2D eigenvalue weighted by Crippen LogP contribution is -2.46. The molecule has 1 fully saturated rings. The van der Waals surface area contributed by atoms with Crippen LogP contribution in [-0.4, -0.2) is 50.1 Å². The van der Waals surface area contributed by atoms with Crippen molar-refractivity contribution in [3.63, 3.8) is 0 Å². The summed E-state index contributed by atoms with van der Waals surface area (Å²) in [5.41, 5.74) is 9.27. The molecule has 1 aliphatic rings. The largest absolute Gasteiger partial charge is 0.351 e. The molecule has 140 valence electrons. The summed E-state index contributed by atoms with van der Waals surface area (Å²) in [7, 11) is 0. The minimum absolute atomic E-state index is 0.0746. The van der Waals surface area contributed by atoms with Crippen molar-refractivity contribution in [3.8, 4) is 11.4 Å². The Morgan fingerprint density at radius 2 is 2.33 bits per heavy atom. The van der Waals surface area contributed by atoms with Gasteiger partial charge in [0.1, 0.15) is 11.8 Å². The fraction of sp³-hybridized carbons (Fsp3) is 0.294. The first-order valence-corrected chi connectivity index (χ1v) is 8.53. The maximum absolute atomic E-state index is 14.1. The summed E-state index contributed by atoms with van der Waals surface area (Å²) in [5.74, 6) is -0.377. The number of hydrogen-bond donors (Lipinski definition) is 3. The molecular formula is C17H18FN7O2. The lowest BCUT2D eigenvalue weighted by molar-refractivity contribution is 0.0421. The minimum Gasteiger partial charge on any atom is -0.351 e. The highest BCUT2D eigenvalue weighted by Crippen LogP contribution is 2.26. The molecule has 9 nitrogen and oxygen atoms in total. The van der Waals surface area contributed by atoms with Crippen molar-refractivity contribution in [1.82, 2.24) is 24.8 Å². The summed E-state index contributed by atoms with van der Waals surface area (Å²) >= 11 is 0. The van der Waals surface area contributed by atoms with Crippen LogP contribution in [0.2, 0.25) is 0 Å². The molecule has 4 rings (SSSR count). The van der Waals surface area contributed by atoms with Crippen molar-refractivity contribution in [2.24, 2.45) is 5.73 Å². The third kappa shape index (κ3) is 3.51. The first-order valence-electron chi connectivity index (χ1n) is 8.53. The SMILES string of the molecule is NC(=O)N1CCC[C@@H](ONc2nc(-c3c[nH]c4ncccc34)ncc2F)C1. The number of rotatable bonds is 4. The molecule has 1 saturated heterocycles. The van der Waals surface area contributed by atoms with Gasteiger partial charge in [0.25, 0.3) is 0 Å². The number of piperidine rings is 1. The Kier molecular flexibility index (Phi) is 4.55. The molecule has 0 radical (unpaired) electrons. The highest BCUT2D eigenvalue weighted by atomic mass is 19.1. The molecule has 4 heterocycles. The average molecular weight is 371 g/mol. The second-order valence-electron chi connectivity index (χ2n) is 6.26. The number of anilines is 1. The topological polar surface area (TPSA) is 122 Å². The molecule has 1 aliphatic heterocycles. The molecule has 2 amide bonds. The van der Waals surface area contributed by atoms with Crippen LogP contribution in [0.4, 0.5) is 15.0 Å². The summed E-state index contributed by atoms with van der Waals surface area (Å²) in [5, 5.41) is 0.834. The number of nitrogens with two attached hydrogens (primary N) is 1. The van der Waals surface area contributed by atoms with E-state index in [1.165, 1.54) is 4.90 Å². The molecule has 1 atom stereocenters. The second-order valence-corrected chi connectivity index (χ2v) is 6.26. The summed E-state index contributed by atoms with van der Waals surface area (Å²) in [6.07, 6.45) is 5.66. The van der Waals surface area contributed by atoms with Gasteiger partial charge >= 0.3 is 6.03 Å². The molecule has 4 N–H and O–H groups in total. The Morgan fingerprint density at radius 1 is 1.44 bits per heavy atom. The van der Waals surface area contributed by atoms with Crippen molar-refractivity contribution in [1.29, 1.82) is 0 Å². The first kappa shape index (κ1) is 17.2. The number of urea groups is 1. The van der Waals surface area contributed by atoms with Crippen LogP contribution in [0.25, 0.3) is 22.4 Å². The van der Waals surface area contributed by atoms with E-state index >= 15 is 0 Å². The number of nitrogens with zero attached hydrogens (tertiary/aromatic N) is 4. The number of fused-ring (bicyclic) bond motifs is 1. The summed E-state index contributed by atoms with van der Waals surface area (Å²) in [6, 6.07) is 3.19. The van der Waals surface area contributed by atoms with E-state index in [2.05, 4.69) is 25.4 Å². The number of aromatic amines is 1. The van der Waals surface area contributed by atoms with E-state index in [9.17, 15) is 9.18 Å². The Bertz CT molecular complexity index is 977. The van der Waals surface area contributed by atoms with E-state index in [1.807, 2.05) is 6.07 Å². The van der Waals surface area contributed by atoms with Crippen LogP contribution in [-0.2, 0) is 4.84 Å². The van der Waals surface area contributed by atoms with Crippen LogP contribution in [0, 0.1) is 5.82 Å². The Morgan fingerprint density at radius 3 is 3.19 bits per heavy atom. The number of H-pyrrole nitrogens is 1. The monoisotopic (exact) mass is 371 g/mol. The van der Waals surface area contributed by atoms with E-state index in [-0.39, 0.29) is 11.9 Å². The van der Waals surface area contributed by atoms with Crippen molar-refractivity contribution in [3.05, 3.63) is 36.5 Å². The van der Waals surface area contributed by atoms with Gasteiger partial charge in [-0.2, -0.15) is 0 Å². The van der Waals surface area contributed by atoms with E-state index < -0.39 is 11.8 Å². The zero-order chi connectivity index (χ0) is 18.8. The lowest BCUT2D eigenvalue weighted by atomic mass is 10.1. The molecule has 3 aromatic rings. The quantitative estimate of drug-likeness (QED) is 0.603. The van der Waals surface area contributed by atoms with E-state index in [4.69, 9.17) is 10.6 Å². The molecular weight excluding hydrogens is 353 g/mol. The van der Waals surface area contributed by atoms with E-state index in [0.29, 0.717) is 30.1 Å². The molecule has 0 bridgehead atoms. The van der Waals surface area contributed by atoms with Gasteiger partial charge in [0.2, 0.25) is 0 Å². The van der Waals surface area contributed by atoms with Crippen LogP contribution >= 0.6 is 0 Å². The summed E-state index contributed by atoms with van der Waals surface area (Å²) in [4.78, 5) is 33.9. The van der Waals surface area contributed by atoms with Gasteiger partial charge in [-0.15, -0.1) is 0 Å². The van der Waals surface area contributed by atoms with Gasteiger partial charge in [0.15, 0.2) is 17.5 Å². The maximum Gasteiger partial charge on any atom is 0.314 e. The average Bonchev–Trinajstić information content (AvgIpc) is 3.12. The fourth-order valence-electron chi connectivity index (χ4n) is 3.08. The van der Waals surface area contributed by atoms with Gasteiger partial charge in [-0.25, -0.2) is 29.6 Å². The predicted octanol–water partition coefficient (Wildman–Crippen LogP) is 2.05. The molecule has 27 heavy (non-hydrogen) atoms. The van der Waals surface area contributed by atoms with Gasteiger partial charge in [0.05, 0.1) is 12.7 Å². The molecule has 0 spiro atoms. The molecule has 0 saturated carbocycles. The number of hydrogen-bond acceptors (Lipinski definition) is 6. The number of aromatic nitrogens is 4. The number of nitrogens with one attached hydrogen (secondary N) is 2. The van der Waals surface area contributed by atoms with Crippen molar-refractivity contribution in [2.45, 2.75) is 18.9 Å². The van der Waals surface area contributed by atoms with Gasteiger partial charge < -0.3 is 15.6 Å². The zero-order valence-electron chi connectivity index (χ0n) is 14.4. The summed E-state index contributed by atoms with van der Waals surface area (Å²) in [6.45, 7) is 0.936. The molecule has 10 heteroatoms. The van der Waals surface area contributed by atoms with Crippen LogP contribution in [0.15, 0.2) is 30.7 Å². The van der Waals surface area contributed by atoms with Crippen LogP contribution in [0.5, 0.6) is 0 Å². The fourth-order valence-corrected chi connectivity index (χ4v) is 3.08. The molecule has 0 unspecified atom stereocenters. The zero-order valence-corrected chi connectivity index (χ0v) is 14.4. The van der Waals surface area contributed by atoms with Crippen molar-refractivity contribution < 1.29 is 14.0 Å². The van der Waals surface area contributed by atoms with E-state index in [1.54, 1.807) is 18.5 Å². The smallest absolute Gasteiger partial charge is 0.314 e. The molecule has 3 aromatic heterocycles. The number of pyridine rings is 1. The third-order valence-corrected chi connectivity index (χ3v) is 4.45. The Labute approximate surface area is 153 Å². The van der Waals surface area contributed by atoms with Gasteiger partial charge in [0, 0.05) is 29.9 Å². The predicted molar refractivity (Wildman–Crippen MR) is 96.0 cm³/mol. The molecule has 0 aromatic carbocycles.